The predicted molar refractivity (Wildman–Crippen MR) is 63.5 cm³/mol. The number of nitrogens with zero attached hydrogens (tertiary/aromatic N) is 1. The van der Waals surface area contributed by atoms with Crippen molar-refractivity contribution in [2.45, 2.75) is 18.4 Å². The minimum absolute atomic E-state index is 0.427. The Morgan fingerprint density at radius 2 is 2.38 bits per heavy atom. The third kappa shape index (κ3) is 2.46. The Kier molecular flexibility index (Phi) is 3.33. The molecule has 84 valence electrons. The lowest BCUT2D eigenvalue weighted by Crippen LogP contribution is -2.44. The highest BCUT2D eigenvalue weighted by molar-refractivity contribution is 6.30. The van der Waals surface area contributed by atoms with Gasteiger partial charge in [-0.25, -0.2) is 0 Å². The zero-order chi connectivity index (χ0) is 11.4. The van der Waals surface area contributed by atoms with Gasteiger partial charge in [0.1, 0.15) is 5.54 Å². The Morgan fingerprint density at radius 3 is 3.00 bits per heavy atom. The molecule has 1 aromatic carbocycles. The van der Waals surface area contributed by atoms with Crippen molar-refractivity contribution in [2.24, 2.45) is 0 Å². The zero-order valence-electron chi connectivity index (χ0n) is 8.87. The van der Waals surface area contributed by atoms with E-state index in [1.54, 1.807) is 0 Å². The molecule has 2 rings (SSSR count). The van der Waals surface area contributed by atoms with Crippen LogP contribution in [0.4, 0.5) is 5.69 Å². The number of hydrogen-bond donors (Lipinski definition) is 1. The van der Waals surface area contributed by atoms with E-state index in [4.69, 9.17) is 16.3 Å². The van der Waals surface area contributed by atoms with E-state index in [1.165, 1.54) is 0 Å². The fourth-order valence-electron chi connectivity index (χ4n) is 1.85. The first kappa shape index (κ1) is 11.3. The van der Waals surface area contributed by atoms with Crippen LogP contribution >= 0.6 is 11.6 Å². The lowest BCUT2D eigenvalue weighted by molar-refractivity contribution is 0.0667. The van der Waals surface area contributed by atoms with E-state index in [0.717, 1.165) is 25.1 Å². The Hall–Kier alpha value is -1.24. The topological polar surface area (TPSA) is 45.0 Å². The van der Waals surface area contributed by atoms with E-state index >= 15 is 0 Å². The molecule has 0 aromatic heterocycles. The Balaban J connectivity index is 2.15. The molecule has 1 heterocycles. The molecule has 0 amide bonds. The third-order valence-corrected chi connectivity index (χ3v) is 2.90. The maximum atomic E-state index is 9.25. The van der Waals surface area contributed by atoms with Crippen molar-refractivity contribution in [2.75, 3.05) is 18.5 Å². The number of nitrogens with one attached hydrogen (secondary N) is 1. The van der Waals surface area contributed by atoms with Crippen molar-refractivity contribution >= 4 is 17.3 Å². The van der Waals surface area contributed by atoms with E-state index in [9.17, 15) is 5.26 Å². The SMILES string of the molecule is N#CC1(Nc2cccc(Cl)c2)CCCOC1. The summed E-state index contributed by atoms with van der Waals surface area (Å²) < 4.78 is 5.36. The largest absolute Gasteiger partial charge is 0.378 e. The van der Waals surface area contributed by atoms with Crippen LogP contribution in [-0.4, -0.2) is 18.8 Å². The molecule has 0 aliphatic carbocycles. The van der Waals surface area contributed by atoms with Gasteiger partial charge in [-0.1, -0.05) is 17.7 Å². The molecule has 0 radical (unpaired) electrons. The zero-order valence-corrected chi connectivity index (χ0v) is 9.63. The maximum Gasteiger partial charge on any atom is 0.149 e. The first-order chi connectivity index (χ1) is 7.74. The van der Waals surface area contributed by atoms with Crippen molar-refractivity contribution in [1.29, 1.82) is 5.26 Å². The number of hydrogen-bond acceptors (Lipinski definition) is 3. The van der Waals surface area contributed by atoms with Gasteiger partial charge >= 0.3 is 0 Å². The van der Waals surface area contributed by atoms with Crippen molar-refractivity contribution in [3.63, 3.8) is 0 Å². The second-order valence-electron chi connectivity index (χ2n) is 3.99. The van der Waals surface area contributed by atoms with Crippen LogP contribution in [0.1, 0.15) is 12.8 Å². The van der Waals surface area contributed by atoms with E-state index in [-0.39, 0.29) is 0 Å². The van der Waals surface area contributed by atoms with Gasteiger partial charge in [0.05, 0.1) is 12.7 Å². The van der Waals surface area contributed by atoms with Crippen LogP contribution in [0.3, 0.4) is 0 Å². The average Bonchev–Trinajstić information content (AvgIpc) is 2.30. The summed E-state index contributed by atoms with van der Waals surface area (Å²) in [5.41, 5.74) is 0.252. The summed E-state index contributed by atoms with van der Waals surface area (Å²) in [6, 6.07) is 9.69. The van der Waals surface area contributed by atoms with E-state index < -0.39 is 5.54 Å². The predicted octanol–water partition coefficient (Wildman–Crippen LogP) is 2.82. The van der Waals surface area contributed by atoms with Gasteiger partial charge in [-0.2, -0.15) is 5.26 Å². The van der Waals surface area contributed by atoms with Crippen LogP contribution in [0.15, 0.2) is 24.3 Å². The number of ether oxygens (including phenoxy) is 1. The fourth-order valence-corrected chi connectivity index (χ4v) is 2.04. The summed E-state index contributed by atoms with van der Waals surface area (Å²) >= 11 is 5.90. The molecule has 1 aromatic rings. The van der Waals surface area contributed by atoms with Crippen LogP contribution in [0.2, 0.25) is 5.02 Å². The molecule has 16 heavy (non-hydrogen) atoms. The van der Waals surface area contributed by atoms with Crippen molar-refractivity contribution in [1.82, 2.24) is 0 Å². The smallest absolute Gasteiger partial charge is 0.149 e. The lowest BCUT2D eigenvalue weighted by Gasteiger charge is -2.32. The number of anilines is 1. The summed E-state index contributed by atoms with van der Waals surface area (Å²) in [6.45, 7) is 1.16. The van der Waals surface area contributed by atoms with Crippen molar-refractivity contribution in [3.05, 3.63) is 29.3 Å². The van der Waals surface area contributed by atoms with Gasteiger partial charge in [0.2, 0.25) is 0 Å². The van der Waals surface area contributed by atoms with Gasteiger partial charge in [0.15, 0.2) is 0 Å². The third-order valence-electron chi connectivity index (χ3n) is 2.66. The van der Waals surface area contributed by atoms with Gasteiger partial charge < -0.3 is 10.1 Å². The molecule has 3 nitrogen and oxygen atoms in total. The summed E-state index contributed by atoms with van der Waals surface area (Å²) in [5, 5.41) is 13.1. The fraction of sp³-hybridized carbons (Fsp3) is 0.417. The quantitative estimate of drug-likeness (QED) is 0.859. The van der Waals surface area contributed by atoms with Crippen LogP contribution in [-0.2, 0) is 4.74 Å². The molecular weight excluding hydrogens is 224 g/mol. The van der Waals surface area contributed by atoms with Crippen LogP contribution < -0.4 is 5.32 Å². The number of rotatable bonds is 2. The van der Waals surface area contributed by atoms with E-state index in [1.807, 2.05) is 24.3 Å². The lowest BCUT2D eigenvalue weighted by atomic mass is 9.94. The monoisotopic (exact) mass is 236 g/mol. The average molecular weight is 237 g/mol. The molecule has 0 spiro atoms. The van der Waals surface area contributed by atoms with Gasteiger partial charge in [-0.15, -0.1) is 0 Å². The molecule has 4 heteroatoms. The molecule has 1 aliphatic heterocycles. The van der Waals surface area contributed by atoms with Crippen molar-refractivity contribution in [3.8, 4) is 6.07 Å². The molecule has 0 saturated carbocycles. The summed E-state index contributed by atoms with van der Waals surface area (Å²) in [7, 11) is 0. The summed E-state index contributed by atoms with van der Waals surface area (Å²) in [6.07, 6.45) is 1.71. The highest BCUT2D eigenvalue weighted by atomic mass is 35.5. The summed E-state index contributed by atoms with van der Waals surface area (Å²) in [5.74, 6) is 0. The van der Waals surface area contributed by atoms with Crippen LogP contribution in [0.5, 0.6) is 0 Å². The summed E-state index contributed by atoms with van der Waals surface area (Å²) in [4.78, 5) is 0. The minimum atomic E-state index is -0.608. The number of nitriles is 1. The molecule has 1 fully saturated rings. The molecule has 1 unspecified atom stereocenters. The second kappa shape index (κ2) is 4.73. The Bertz CT molecular complexity index is 408. The molecular formula is C12H13ClN2O. The van der Waals surface area contributed by atoms with E-state index in [0.29, 0.717) is 11.6 Å². The molecule has 1 saturated heterocycles. The first-order valence-electron chi connectivity index (χ1n) is 5.27. The normalized spacial score (nSPS) is 24.8. The van der Waals surface area contributed by atoms with E-state index in [2.05, 4.69) is 11.4 Å². The number of benzene rings is 1. The highest BCUT2D eigenvalue weighted by Crippen LogP contribution is 2.25. The second-order valence-corrected chi connectivity index (χ2v) is 4.42. The maximum absolute atomic E-state index is 9.25. The molecule has 1 atom stereocenters. The van der Waals surface area contributed by atoms with Gasteiger partial charge in [0, 0.05) is 17.3 Å². The van der Waals surface area contributed by atoms with Crippen LogP contribution in [0.25, 0.3) is 0 Å². The van der Waals surface area contributed by atoms with Gasteiger partial charge in [-0.3, -0.25) is 0 Å². The minimum Gasteiger partial charge on any atom is -0.378 e. The Labute approximate surface area is 100.0 Å². The Morgan fingerprint density at radius 1 is 1.50 bits per heavy atom. The molecule has 1 N–H and O–H groups in total. The van der Waals surface area contributed by atoms with Crippen molar-refractivity contribution < 1.29 is 4.74 Å². The standard InChI is InChI=1S/C12H13ClN2O/c13-10-3-1-4-11(7-10)15-12(8-14)5-2-6-16-9-12/h1,3-4,7,15H,2,5-6,9H2. The highest BCUT2D eigenvalue weighted by Gasteiger charge is 2.32. The van der Waals surface area contributed by atoms with Gasteiger partial charge in [-0.05, 0) is 31.0 Å². The number of halogens is 1. The first-order valence-corrected chi connectivity index (χ1v) is 5.65. The molecule has 0 bridgehead atoms. The van der Waals surface area contributed by atoms with Crippen LogP contribution in [0, 0.1) is 11.3 Å². The van der Waals surface area contributed by atoms with Gasteiger partial charge in [0.25, 0.3) is 0 Å². The molecule has 1 aliphatic rings.